The summed E-state index contributed by atoms with van der Waals surface area (Å²) in [5, 5.41) is 9.46. The van der Waals surface area contributed by atoms with Crippen molar-refractivity contribution in [1.29, 1.82) is 0 Å². The van der Waals surface area contributed by atoms with Crippen molar-refractivity contribution in [1.82, 2.24) is 0 Å². The number of aliphatic hydroxyl groups excluding tert-OH is 1. The van der Waals surface area contributed by atoms with E-state index < -0.39 is 36.1 Å². The Hall–Kier alpha value is -0.300. The molecule has 0 aromatic rings. The molecular weight excluding hydrogens is 194 g/mol. The van der Waals surface area contributed by atoms with E-state index in [-0.39, 0.29) is 0 Å². The number of ether oxygens (including phenoxy) is 1. The lowest BCUT2D eigenvalue weighted by molar-refractivity contribution is -0.177. The molecule has 5 N–H and O–H groups in total. The second kappa shape index (κ2) is 3.69. The minimum Gasteiger partial charge on any atom is -0.391 e. The monoisotopic (exact) mass is 210 g/mol. The van der Waals surface area contributed by atoms with Gasteiger partial charge in [-0.15, -0.1) is 0 Å². The van der Waals surface area contributed by atoms with Crippen LogP contribution in [0.4, 0.5) is 8.78 Å². The lowest BCUT2D eigenvalue weighted by Crippen LogP contribution is -2.70. The maximum atomic E-state index is 13.4. The largest absolute Gasteiger partial charge is 0.391 e. The van der Waals surface area contributed by atoms with E-state index in [2.05, 4.69) is 0 Å². The van der Waals surface area contributed by atoms with Crippen LogP contribution < -0.4 is 11.5 Å². The van der Waals surface area contributed by atoms with Crippen LogP contribution in [0.25, 0.3) is 0 Å². The standard InChI is InChI=1S/C8H16F2N2O2/c1-3-4(13)6(11)8(9,10)7(12)5(3)14-2/h3-7,13H,11-12H2,1-2H3/t3?,4?,5-,6?,7?/m0/s1. The molecule has 1 fully saturated rings. The summed E-state index contributed by atoms with van der Waals surface area (Å²) in [6, 6.07) is -3.10. The predicted molar refractivity (Wildman–Crippen MR) is 46.9 cm³/mol. The number of hydrogen-bond donors (Lipinski definition) is 3. The van der Waals surface area contributed by atoms with Crippen LogP contribution in [0.3, 0.4) is 0 Å². The third kappa shape index (κ3) is 1.52. The van der Waals surface area contributed by atoms with Crippen LogP contribution in [0.1, 0.15) is 6.92 Å². The SMILES string of the molecule is CO[C@H]1C(C)C(O)C(N)C(F)(F)C1N. The van der Waals surface area contributed by atoms with Crippen LogP contribution in [0.2, 0.25) is 0 Å². The Morgan fingerprint density at radius 1 is 1.29 bits per heavy atom. The molecule has 1 aliphatic rings. The molecule has 0 amide bonds. The molecule has 0 spiro atoms. The van der Waals surface area contributed by atoms with Crippen molar-refractivity contribution in [3.05, 3.63) is 0 Å². The van der Waals surface area contributed by atoms with Crippen LogP contribution in [0.5, 0.6) is 0 Å². The van der Waals surface area contributed by atoms with Gasteiger partial charge in [-0.05, 0) is 0 Å². The number of hydrogen-bond acceptors (Lipinski definition) is 4. The first-order valence-corrected chi connectivity index (χ1v) is 4.43. The fourth-order valence-electron chi connectivity index (χ4n) is 1.88. The highest BCUT2D eigenvalue weighted by Gasteiger charge is 2.57. The van der Waals surface area contributed by atoms with Gasteiger partial charge in [0.05, 0.1) is 24.3 Å². The van der Waals surface area contributed by atoms with E-state index in [4.69, 9.17) is 16.2 Å². The van der Waals surface area contributed by atoms with Gasteiger partial charge in [-0.25, -0.2) is 8.78 Å². The van der Waals surface area contributed by atoms with Crippen LogP contribution >= 0.6 is 0 Å². The molecule has 0 aromatic carbocycles. The van der Waals surface area contributed by atoms with E-state index in [0.717, 1.165) is 0 Å². The predicted octanol–water partition coefficient (Wildman–Crippen LogP) is -0.698. The highest BCUT2D eigenvalue weighted by atomic mass is 19.3. The fourth-order valence-corrected chi connectivity index (χ4v) is 1.88. The van der Waals surface area contributed by atoms with Gasteiger partial charge in [-0.2, -0.15) is 0 Å². The first-order valence-electron chi connectivity index (χ1n) is 4.43. The van der Waals surface area contributed by atoms with Crippen molar-refractivity contribution in [2.75, 3.05) is 7.11 Å². The molecule has 0 aliphatic heterocycles. The Labute approximate surface area is 81.2 Å². The van der Waals surface area contributed by atoms with Gasteiger partial charge >= 0.3 is 0 Å². The number of rotatable bonds is 1. The van der Waals surface area contributed by atoms with Crippen molar-refractivity contribution in [3.8, 4) is 0 Å². The maximum Gasteiger partial charge on any atom is 0.282 e. The zero-order chi connectivity index (χ0) is 11.1. The third-order valence-corrected chi connectivity index (χ3v) is 2.94. The maximum absolute atomic E-state index is 13.4. The molecule has 4 nitrogen and oxygen atoms in total. The average molecular weight is 210 g/mol. The van der Waals surface area contributed by atoms with E-state index in [0.29, 0.717) is 0 Å². The minimum absolute atomic E-state index is 0.496. The molecule has 1 aliphatic carbocycles. The molecule has 0 aromatic heterocycles. The molecule has 1 saturated carbocycles. The summed E-state index contributed by atoms with van der Waals surface area (Å²) in [5.74, 6) is -3.79. The normalized spacial score (nSPS) is 47.8. The van der Waals surface area contributed by atoms with Crippen LogP contribution in [-0.4, -0.2) is 42.4 Å². The smallest absolute Gasteiger partial charge is 0.282 e. The second-order valence-corrected chi connectivity index (χ2v) is 3.78. The zero-order valence-electron chi connectivity index (χ0n) is 8.15. The molecule has 4 unspecified atom stereocenters. The van der Waals surface area contributed by atoms with Crippen molar-refractivity contribution >= 4 is 0 Å². The Bertz CT molecular complexity index is 214. The highest BCUT2D eigenvalue weighted by Crippen LogP contribution is 2.36. The second-order valence-electron chi connectivity index (χ2n) is 3.78. The Kier molecular flexibility index (Phi) is 3.10. The third-order valence-electron chi connectivity index (χ3n) is 2.94. The first-order chi connectivity index (χ1) is 6.34. The average Bonchev–Trinajstić information content (AvgIpc) is 2.14. The quantitative estimate of drug-likeness (QED) is 0.534. The molecule has 0 radical (unpaired) electrons. The van der Waals surface area contributed by atoms with Crippen molar-refractivity contribution < 1.29 is 18.6 Å². The summed E-state index contributed by atoms with van der Waals surface area (Å²) < 4.78 is 31.6. The van der Waals surface area contributed by atoms with Gasteiger partial charge in [0.15, 0.2) is 0 Å². The molecule has 1 rings (SSSR count). The molecule has 5 atom stereocenters. The lowest BCUT2D eigenvalue weighted by Gasteiger charge is -2.45. The van der Waals surface area contributed by atoms with Gasteiger partial charge in [0.2, 0.25) is 0 Å². The van der Waals surface area contributed by atoms with Crippen molar-refractivity contribution in [3.63, 3.8) is 0 Å². The zero-order valence-corrected chi connectivity index (χ0v) is 8.15. The number of nitrogens with two attached hydrogens (primary N) is 2. The van der Waals surface area contributed by atoms with E-state index in [1.165, 1.54) is 7.11 Å². The van der Waals surface area contributed by atoms with Gasteiger partial charge in [0.25, 0.3) is 5.92 Å². The highest BCUT2D eigenvalue weighted by molar-refractivity contribution is 5.06. The molecule has 0 saturated heterocycles. The van der Waals surface area contributed by atoms with Gasteiger partial charge in [-0.1, -0.05) is 6.92 Å². The molecule has 0 heterocycles. The summed E-state index contributed by atoms with van der Waals surface area (Å²) in [6.45, 7) is 1.59. The molecule has 6 heteroatoms. The van der Waals surface area contributed by atoms with Crippen molar-refractivity contribution in [2.45, 2.75) is 37.1 Å². The summed E-state index contributed by atoms with van der Waals surface area (Å²) in [7, 11) is 1.29. The van der Waals surface area contributed by atoms with E-state index in [9.17, 15) is 13.9 Å². The van der Waals surface area contributed by atoms with Crippen LogP contribution in [0.15, 0.2) is 0 Å². The van der Waals surface area contributed by atoms with Crippen molar-refractivity contribution in [2.24, 2.45) is 17.4 Å². The van der Waals surface area contributed by atoms with Gasteiger partial charge in [-0.3, -0.25) is 0 Å². The van der Waals surface area contributed by atoms with E-state index in [1.54, 1.807) is 6.92 Å². The summed E-state index contributed by atoms with van der Waals surface area (Å²) in [4.78, 5) is 0. The Morgan fingerprint density at radius 3 is 2.21 bits per heavy atom. The molecule has 0 bridgehead atoms. The lowest BCUT2D eigenvalue weighted by atomic mass is 9.76. The van der Waals surface area contributed by atoms with Gasteiger partial charge < -0.3 is 21.3 Å². The molecule has 14 heavy (non-hydrogen) atoms. The Morgan fingerprint density at radius 2 is 1.79 bits per heavy atom. The Balaban J connectivity index is 2.95. The van der Waals surface area contributed by atoms with Gasteiger partial charge in [0.1, 0.15) is 0 Å². The van der Waals surface area contributed by atoms with Gasteiger partial charge in [0, 0.05) is 13.0 Å². The number of methoxy groups -OCH3 is 1. The molecule has 84 valence electrons. The topological polar surface area (TPSA) is 81.5 Å². The summed E-state index contributed by atoms with van der Waals surface area (Å²) in [5.41, 5.74) is 10.6. The number of aliphatic hydroxyl groups is 1. The minimum atomic E-state index is -3.30. The van der Waals surface area contributed by atoms with Crippen LogP contribution in [0, 0.1) is 5.92 Å². The summed E-state index contributed by atoms with van der Waals surface area (Å²) >= 11 is 0. The molecular formula is C8H16F2N2O2. The van der Waals surface area contributed by atoms with E-state index >= 15 is 0 Å². The summed E-state index contributed by atoms with van der Waals surface area (Å²) in [6.07, 6.45) is -2.17. The van der Waals surface area contributed by atoms with Crippen LogP contribution in [-0.2, 0) is 4.74 Å². The number of halogens is 2. The first kappa shape index (κ1) is 11.8. The van der Waals surface area contributed by atoms with E-state index in [1.807, 2.05) is 0 Å². The fraction of sp³-hybridized carbons (Fsp3) is 1.00. The number of alkyl halides is 2.